The van der Waals surface area contributed by atoms with Crippen molar-refractivity contribution >= 4 is 17.9 Å². The maximum absolute atomic E-state index is 13.2. The molecule has 3 heterocycles. The van der Waals surface area contributed by atoms with Gasteiger partial charge in [0.1, 0.15) is 12.6 Å². The molecule has 3 amide bonds. The molecule has 8 heteroatoms. The van der Waals surface area contributed by atoms with Crippen molar-refractivity contribution in [2.75, 3.05) is 19.6 Å². The van der Waals surface area contributed by atoms with Gasteiger partial charge >= 0.3 is 6.09 Å². The molecule has 34 heavy (non-hydrogen) atoms. The van der Waals surface area contributed by atoms with Gasteiger partial charge in [0.2, 0.25) is 11.8 Å². The van der Waals surface area contributed by atoms with Crippen molar-refractivity contribution < 1.29 is 24.2 Å². The van der Waals surface area contributed by atoms with Gasteiger partial charge in [0, 0.05) is 38.1 Å². The first-order valence-electron chi connectivity index (χ1n) is 12.6. The molecule has 1 saturated carbocycles. The Morgan fingerprint density at radius 3 is 2.59 bits per heavy atom. The summed E-state index contributed by atoms with van der Waals surface area (Å²) in [5, 5.41) is 10.4. The van der Waals surface area contributed by atoms with Crippen LogP contribution in [0.3, 0.4) is 0 Å². The normalized spacial score (nSPS) is 29.8. The summed E-state index contributed by atoms with van der Waals surface area (Å²) in [6, 6.07) is 8.92. The molecule has 3 saturated heterocycles. The maximum atomic E-state index is 13.2. The summed E-state index contributed by atoms with van der Waals surface area (Å²) in [5.41, 5.74) is 0.993. The lowest BCUT2D eigenvalue weighted by Crippen LogP contribution is -2.61. The summed E-state index contributed by atoms with van der Waals surface area (Å²) >= 11 is 0. The van der Waals surface area contributed by atoms with Crippen molar-refractivity contribution in [1.82, 2.24) is 14.7 Å². The number of hydrogen-bond acceptors (Lipinski definition) is 5. The number of fused-ring (bicyclic) bond motifs is 1. The molecule has 1 aliphatic carbocycles. The standard InChI is InChI=1S/C26H35N3O5/c1-18-24(32)29-20(9-10-23(31)27-14-13-26(11-12-26)22(30)16-27)7-8-21(29)15-28(18)25(33)34-17-19-5-3-2-4-6-19/h2-6,18,20-22,30H,7-17H2,1H3/t18-,20+,21-,22+/m0/s1. The van der Waals surface area contributed by atoms with Crippen LogP contribution in [0, 0.1) is 5.41 Å². The third-order valence-corrected chi connectivity index (χ3v) is 8.46. The molecule has 5 rings (SSSR count). The highest BCUT2D eigenvalue weighted by Crippen LogP contribution is 2.53. The largest absolute Gasteiger partial charge is 0.445 e. The number of benzene rings is 1. The van der Waals surface area contributed by atoms with Gasteiger partial charge in [0.15, 0.2) is 0 Å². The molecule has 0 radical (unpaired) electrons. The zero-order chi connectivity index (χ0) is 23.9. The van der Waals surface area contributed by atoms with E-state index in [1.165, 1.54) is 0 Å². The fourth-order valence-corrected chi connectivity index (χ4v) is 5.99. The fraction of sp³-hybridized carbons (Fsp3) is 0.654. The molecule has 1 N–H and O–H groups in total. The van der Waals surface area contributed by atoms with E-state index in [0.29, 0.717) is 25.9 Å². The molecule has 1 spiro atoms. The number of amides is 3. The minimum Gasteiger partial charge on any atom is -0.445 e. The van der Waals surface area contributed by atoms with Gasteiger partial charge < -0.3 is 19.6 Å². The molecule has 0 bridgehead atoms. The van der Waals surface area contributed by atoms with Crippen LogP contribution in [0.4, 0.5) is 4.79 Å². The first kappa shape index (κ1) is 23.1. The van der Waals surface area contributed by atoms with Crippen molar-refractivity contribution in [3.63, 3.8) is 0 Å². The lowest BCUT2D eigenvalue weighted by molar-refractivity contribution is -0.145. The van der Waals surface area contributed by atoms with Crippen LogP contribution in [0.25, 0.3) is 0 Å². The van der Waals surface area contributed by atoms with Crippen molar-refractivity contribution in [2.24, 2.45) is 5.41 Å². The molecule has 4 atom stereocenters. The molecule has 1 aromatic rings. The van der Waals surface area contributed by atoms with Crippen molar-refractivity contribution in [3.8, 4) is 0 Å². The smallest absolute Gasteiger partial charge is 0.410 e. The molecule has 8 nitrogen and oxygen atoms in total. The molecule has 4 aliphatic rings. The number of β-amino-alcohol motifs (C(OH)–C–C–N with tert-alkyl or cyclic N) is 1. The Kier molecular flexibility index (Phi) is 6.27. The second kappa shape index (κ2) is 9.21. The van der Waals surface area contributed by atoms with Gasteiger partial charge in [-0.3, -0.25) is 14.5 Å². The van der Waals surface area contributed by atoms with Crippen molar-refractivity contribution in [2.45, 2.75) is 82.7 Å². The van der Waals surface area contributed by atoms with Crippen LogP contribution in [-0.4, -0.2) is 81.6 Å². The van der Waals surface area contributed by atoms with E-state index in [1.54, 1.807) is 16.7 Å². The highest BCUT2D eigenvalue weighted by atomic mass is 16.6. The van der Waals surface area contributed by atoms with Gasteiger partial charge in [-0.25, -0.2) is 4.79 Å². The maximum Gasteiger partial charge on any atom is 0.410 e. The van der Waals surface area contributed by atoms with Crippen molar-refractivity contribution in [1.29, 1.82) is 0 Å². The van der Waals surface area contributed by atoms with Crippen LogP contribution < -0.4 is 0 Å². The predicted octanol–water partition coefficient (Wildman–Crippen LogP) is 2.54. The molecular formula is C26H35N3O5. The van der Waals surface area contributed by atoms with Crippen LogP contribution in [0.15, 0.2) is 30.3 Å². The Morgan fingerprint density at radius 2 is 1.88 bits per heavy atom. The highest BCUT2D eigenvalue weighted by molar-refractivity contribution is 5.87. The van der Waals surface area contributed by atoms with E-state index in [0.717, 1.165) is 44.2 Å². The van der Waals surface area contributed by atoms with Crippen LogP contribution in [0.1, 0.15) is 57.4 Å². The Hall–Kier alpha value is -2.61. The minimum absolute atomic E-state index is 0.0240. The van der Waals surface area contributed by atoms with Gasteiger partial charge in [-0.15, -0.1) is 0 Å². The molecular weight excluding hydrogens is 434 g/mol. The van der Waals surface area contributed by atoms with Gasteiger partial charge in [-0.2, -0.15) is 0 Å². The monoisotopic (exact) mass is 469 g/mol. The molecule has 0 aromatic heterocycles. The summed E-state index contributed by atoms with van der Waals surface area (Å²) < 4.78 is 5.48. The Labute approximate surface area is 200 Å². The molecule has 184 valence electrons. The molecule has 4 fully saturated rings. The molecule has 1 aromatic carbocycles. The Morgan fingerprint density at radius 1 is 1.12 bits per heavy atom. The zero-order valence-corrected chi connectivity index (χ0v) is 19.9. The van der Waals surface area contributed by atoms with Gasteiger partial charge in [0.05, 0.1) is 6.10 Å². The quantitative estimate of drug-likeness (QED) is 0.716. The lowest BCUT2D eigenvalue weighted by Gasteiger charge is -2.43. The van der Waals surface area contributed by atoms with Gasteiger partial charge in [-0.1, -0.05) is 30.3 Å². The first-order valence-corrected chi connectivity index (χ1v) is 12.6. The number of carbonyl (C=O) groups is 3. The second-order valence-electron chi connectivity index (χ2n) is 10.5. The van der Waals surface area contributed by atoms with E-state index in [2.05, 4.69) is 0 Å². The van der Waals surface area contributed by atoms with E-state index in [1.807, 2.05) is 35.2 Å². The number of aliphatic hydroxyl groups excluding tert-OH is 1. The highest BCUT2D eigenvalue weighted by Gasteiger charge is 2.52. The summed E-state index contributed by atoms with van der Waals surface area (Å²) in [6.45, 7) is 3.56. The Bertz CT molecular complexity index is 934. The number of piperidine rings is 1. The van der Waals surface area contributed by atoms with Crippen molar-refractivity contribution in [3.05, 3.63) is 35.9 Å². The van der Waals surface area contributed by atoms with E-state index in [-0.39, 0.29) is 35.9 Å². The summed E-state index contributed by atoms with van der Waals surface area (Å²) in [4.78, 5) is 44.0. The van der Waals surface area contributed by atoms with Crippen LogP contribution in [0.5, 0.6) is 0 Å². The summed E-state index contributed by atoms with van der Waals surface area (Å²) in [6.07, 6.45) is 4.86. The van der Waals surface area contributed by atoms with E-state index < -0.39 is 18.2 Å². The topological polar surface area (TPSA) is 90.4 Å². The van der Waals surface area contributed by atoms with Crippen LogP contribution in [0.2, 0.25) is 0 Å². The number of aliphatic hydroxyl groups is 1. The number of piperazine rings is 1. The summed E-state index contributed by atoms with van der Waals surface area (Å²) in [7, 11) is 0. The van der Waals surface area contributed by atoms with Gasteiger partial charge in [0.25, 0.3) is 0 Å². The number of nitrogens with zero attached hydrogens (tertiary/aromatic N) is 3. The fourth-order valence-electron chi connectivity index (χ4n) is 5.99. The summed E-state index contributed by atoms with van der Waals surface area (Å²) in [5.74, 6) is 0.00792. The number of likely N-dealkylation sites (tertiary alicyclic amines) is 1. The number of carbonyl (C=O) groups excluding carboxylic acids is 3. The third kappa shape index (κ3) is 4.40. The average molecular weight is 470 g/mol. The Balaban J connectivity index is 1.13. The SMILES string of the molecule is C[C@H]1C(=O)N2[C@@H](CCC(=O)N3CCC4(CC4)[C@H](O)C3)CC[C@H]2CN1C(=O)OCc1ccccc1. The van der Waals surface area contributed by atoms with E-state index >= 15 is 0 Å². The average Bonchev–Trinajstić information content (AvgIpc) is 3.51. The van der Waals surface area contributed by atoms with E-state index in [4.69, 9.17) is 4.74 Å². The molecule has 0 unspecified atom stereocenters. The minimum atomic E-state index is -0.581. The van der Waals surface area contributed by atoms with Crippen LogP contribution in [-0.2, 0) is 20.9 Å². The second-order valence-corrected chi connectivity index (χ2v) is 10.5. The number of rotatable bonds is 5. The van der Waals surface area contributed by atoms with Crippen LogP contribution >= 0.6 is 0 Å². The first-order chi connectivity index (χ1) is 16.4. The van der Waals surface area contributed by atoms with E-state index in [9.17, 15) is 19.5 Å². The van der Waals surface area contributed by atoms with Gasteiger partial charge in [-0.05, 0) is 56.4 Å². The molecule has 3 aliphatic heterocycles. The zero-order valence-electron chi connectivity index (χ0n) is 19.9. The number of ether oxygens (including phenoxy) is 1. The predicted molar refractivity (Wildman–Crippen MR) is 125 cm³/mol. The third-order valence-electron chi connectivity index (χ3n) is 8.46. The number of hydrogen-bond donors (Lipinski definition) is 1. The lowest BCUT2D eigenvalue weighted by atomic mass is 9.90.